The molecule has 0 saturated carbocycles. The molecule has 6 nitrogen and oxygen atoms in total. The van der Waals surface area contributed by atoms with Crippen molar-refractivity contribution in [3.8, 4) is 5.75 Å². The summed E-state index contributed by atoms with van der Waals surface area (Å²) in [5.41, 5.74) is 1.65. The first-order chi connectivity index (χ1) is 12.7. The molecule has 2 aromatic heterocycles. The lowest BCUT2D eigenvalue weighted by Crippen LogP contribution is -1.92. The second-order valence-electron chi connectivity index (χ2n) is 5.70. The number of furan rings is 1. The maximum atomic E-state index is 11.2. The highest BCUT2D eigenvalue weighted by Crippen LogP contribution is 2.29. The molecule has 0 bridgehead atoms. The Kier molecular flexibility index (Phi) is 3.85. The van der Waals surface area contributed by atoms with Crippen LogP contribution in [0.25, 0.3) is 34.0 Å². The van der Waals surface area contributed by atoms with E-state index in [1.165, 1.54) is 6.07 Å². The maximum absolute atomic E-state index is 11.2. The average Bonchev–Trinajstić information content (AvgIpc) is 3.08. The smallest absolute Gasteiger partial charge is 0.295 e. The van der Waals surface area contributed by atoms with Crippen molar-refractivity contribution < 1.29 is 14.1 Å². The molecule has 4 rings (SSSR count). The third-order valence-corrected chi connectivity index (χ3v) is 4.08. The van der Waals surface area contributed by atoms with Gasteiger partial charge in [-0.25, -0.2) is 4.98 Å². The molecule has 2 aromatic carbocycles. The number of methoxy groups -OCH3 is 1. The Balaban J connectivity index is 1.73. The summed E-state index contributed by atoms with van der Waals surface area (Å²) in [5.74, 6) is 1.32. The van der Waals surface area contributed by atoms with Crippen LogP contribution in [-0.2, 0) is 0 Å². The lowest BCUT2D eigenvalue weighted by atomic mass is 10.1. The number of nitrogens with zero attached hydrogens (tertiary/aromatic N) is 2. The highest BCUT2D eigenvalue weighted by molar-refractivity contribution is 5.89. The molecular weight excluding hydrogens is 332 g/mol. The summed E-state index contributed by atoms with van der Waals surface area (Å²) in [6.45, 7) is 0. The van der Waals surface area contributed by atoms with E-state index < -0.39 is 4.92 Å². The van der Waals surface area contributed by atoms with E-state index in [4.69, 9.17) is 9.15 Å². The largest absolute Gasteiger partial charge is 0.493 e. The van der Waals surface area contributed by atoms with Crippen molar-refractivity contribution in [1.29, 1.82) is 0 Å². The highest BCUT2D eigenvalue weighted by Gasteiger charge is 2.12. The molecule has 128 valence electrons. The fraction of sp³-hybridized carbons (Fsp3) is 0.0500. The molecule has 6 heteroatoms. The number of nitro groups is 1. The van der Waals surface area contributed by atoms with Gasteiger partial charge in [0, 0.05) is 16.8 Å². The summed E-state index contributed by atoms with van der Waals surface area (Å²) < 4.78 is 11.1. The fourth-order valence-corrected chi connectivity index (χ4v) is 2.85. The maximum Gasteiger partial charge on any atom is 0.295 e. The van der Waals surface area contributed by atoms with Gasteiger partial charge in [0.25, 0.3) is 5.69 Å². The number of hydrogen-bond acceptors (Lipinski definition) is 5. The number of aromatic nitrogens is 1. The molecular formula is C20H14N2O4. The number of rotatable bonds is 4. The first-order valence-corrected chi connectivity index (χ1v) is 7.94. The first kappa shape index (κ1) is 15.8. The van der Waals surface area contributed by atoms with Gasteiger partial charge in [-0.15, -0.1) is 0 Å². The lowest BCUT2D eigenvalue weighted by Gasteiger charge is -2.00. The number of non-ortho nitro benzene ring substituents is 1. The van der Waals surface area contributed by atoms with Crippen LogP contribution in [0.3, 0.4) is 0 Å². The molecule has 0 atom stereocenters. The lowest BCUT2D eigenvalue weighted by molar-refractivity contribution is -0.383. The van der Waals surface area contributed by atoms with Crippen LogP contribution >= 0.6 is 0 Å². The van der Waals surface area contributed by atoms with E-state index in [0.717, 1.165) is 10.8 Å². The molecule has 0 unspecified atom stereocenters. The molecule has 2 heterocycles. The van der Waals surface area contributed by atoms with E-state index in [0.29, 0.717) is 28.3 Å². The normalized spacial score (nSPS) is 11.4. The number of nitro benzene ring substituents is 1. The minimum absolute atomic E-state index is 0.00813. The topological polar surface area (TPSA) is 78.4 Å². The minimum atomic E-state index is -0.422. The Labute approximate surface area is 148 Å². The first-order valence-electron chi connectivity index (χ1n) is 7.94. The van der Waals surface area contributed by atoms with Crippen molar-refractivity contribution in [2.24, 2.45) is 0 Å². The van der Waals surface area contributed by atoms with Crippen LogP contribution in [0, 0.1) is 10.1 Å². The predicted molar refractivity (Wildman–Crippen MR) is 100 cm³/mol. The monoisotopic (exact) mass is 346 g/mol. The summed E-state index contributed by atoms with van der Waals surface area (Å²) in [6.07, 6.45) is 3.54. The second-order valence-corrected chi connectivity index (χ2v) is 5.70. The summed E-state index contributed by atoms with van der Waals surface area (Å²) in [6, 6.07) is 16.1. The number of para-hydroxylation sites is 2. The Morgan fingerprint density at radius 2 is 1.88 bits per heavy atom. The van der Waals surface area contributed by atoms with Gasteiger partial charge in [-0.1, -0.05) is 30.3 Å². The molecule has 0 aliphatic carbocycles. The summed E-state index contributed by atoms with van der Waals surface area (Å²) >= 11 is 0. The van der Waals surface area contributed by atoms with E-state index >= 15 is 0 Å². The van der Waals surface area contributed by atoms with E-state index in [1.54, 1.807) is 31.4 Å². The number of pyridine rings is 1. The van der Waals surface area contributed by atoms with Crippen LogP contribution in [-0.4, -0.2) is 17.0 Å². The van der Waals surface area contributed by atoms with Crippen LogP contribution in [0.5, 0.6) is 5.75 Å². The summed E-state index contributed by atoms with van der Waals surface area (Å²) in [4.78, 5) is 15.2. The molecule has 0 amide bonds. The molecule has 0 fully saturated rings. The summed E-state index contributed by atoms with van der Waals surface area (Å²) in [7, 11) is 1.60. The van der Waals surface area contributed by atoms with Crippen LogP contribution in [0.4, 0.5) is 5.69 Å². The van der Waals surface area contributed by atoms with Gasteiger partial charge in [-0.05, 0) is 30.4 Å². The third-order valence-electron chi connectivity index (χ3n) is 4.08. The van der Waals surface area contributed by atoms with Crippen molar-refractivity contribution in [3.63, 3.8) is 0 Å². The van der Waals surface area contributed by atoms with E-state index in [9.17, 15) is 10.1 Å². The zero-order valence-corrected chi connectivity index (χ0v) is 13.9. The van der Waals surface area contributed by atoms with E-state index in [-0.39, 0.29) is 5.69 Å². The van der Waals surface area contributed by atoms with Crippen molar-refractivity contribution in [2.45, 2.75) is 0 Å². The molecule has 0 saturated heterocycles. The Hall–Kier alpha value is -3.67. The van der Waals surface area contributed by atoms with Gasteiger partial charge in [0.05, 0.1) is 17.7 Å². The quantitative estimate of drug-likeness (QED) is 0.381. The van der Waals surface area contributed by atoms with Crippen molar-refractivity contribution in [3.05, 3.63) is 76.2 Å². The highest BCUT2D eigenvalue weighted by atomic mass is 16.6. The SMILES string of the molecule is COc1cccc2cc(/C=C/c3ccc4cccc([N+](=O)[O-])c4n3)oc12. The number of hydrogen-bond donors (Lipinski definition) is 0. The van der Waals surface area contributed by atoms with Crippen LogP contribution < -0.4 is 4.74 Å². The molecule has 0 aliphatic rings. The zero-order valence-electron chi connectivity index (χ0n) is 13.9. The van der Waals surface area contributed by atoms with Gasteiger partial charge in [0.1, 0.15) is 11.3 Å². The molecule has 0 spiro atoms. The molecule has 0 N–H and O–H groups in total. The average molecular weight is 346 g/mol. The molecule has 4 aromatic rings. The number of fused-ring (bicyclic) bond motifs is 2. The van der Waals surface area contributed by atoms with Gasteiger partial charge in [-0.3, -0.25) is 10.1 Å². The van der Waals surface area contributed by atoms with Crippen LogP contribution in [0.1, 0.15) is 11.5 Å². The Morgan fingerprint density at radius 1 is 1.08 bits per heavy atom. The fourth-order valence-electron chi connectivity index (χ4n) is 2.85. The van der Waals surface area contributed by atoms with Crippen LogP contribution in [0.2, 0.25) is 0 Å². The van der Waals surface area contributed by atoms with Gasteiger partial charge in [-0.2, -0.15) is 0 Å². The predicted octanol–water partition coefficient (Wildman–Crippen LogP) is 5.07. The zero-order chi connectivity index (χ0) is 18.1. The van der Waals surface area contributed by atoms with Crippen molar-refractivity contribution in [2.75, 3.05) is 7.11 Å². The second kappa shape index (κ2) is 6.33. The standard InChI is InChI=1S/C20H14N2O4/c1-25-18-7-3-5-14-12-16(26-20(14)18)11-10-15-9-8-13-4-2-6-17(22(23)24)19(13)21-15/h2-12H,1H3/b11-10+. The molecule has 0 radical (unpaired) electrons. The third kappa shape index (κ3) is 2.77. The minimum Gasteiger partial charge on any atom is -0.493 e. The van der Waals surface area contributed by atoms with Crippen molar-refractivity contribution >= 4 is 39.7 Å². The summed E-state index contributed by atoms with van der Waals surface area (Å²) in [5, 5.41) is 12.8. The van der Waals surface area contributed by atoms with Crippen molar-refractivity contribution in [1.82, 2.24) is 4.98 Å². The van der Waals surface area contributed by atoms with E-state index in [1.807, 2.05) is 36.4 Å². The van der Waals surface area contributed by atoms with Gasteiger partial charge in [0.2, 0.25) is 0 Å². The molecule has 26 heavy (non-hydrogen) atoms. The van der Waals surface area contributed by atoms with Gasteiger partial charge >= 0.3 is 0 Å². The Bertz CT molecular complexity index is 1160. The van der Waals surface area contributed by atoms with E-state index in [2.05, 4.69) is 4.98 Å². The molecule has 0 aliphatic heterocycles. The van der Waals surface area contributed by atoms with Gasteiger partial charge in [0.15, 0.2) is 11.3 Å². The number of benzene rings is 2. The Morgan fingerprint density at radius 3 is 2.69 bits per heavy atom. The van der Waals surface area contributed by atoms with Crippen LogP contribution in [0.15, 0.2) is 59.0 Å². The number of ether oxygens (including phenoxy) is 1. The van der Waals surface area contributed by atoms with Gasteiger partial charge < -0.3 is 9.15 Å².